The number of rotatable bonds is 4. The lowest BCUT2D eigenvalue weighted by molar-refractivity contribution is -0.120. The molecular weight excluding hydrogens is 306 g/mol. The Labute approximate surface area is 111 Å². The van der Waals surface area contributed by atoms with Gasteiger partial charge in [-0.3, -0.25) is 4.79 Å². The van der Waals surface area contributed by atoms with Crippen LogP contribution in [0.1, 0.15) is 32.1 Å². The summed E-state index contributed by atoms with van der Waals surface area (Å²) in [7, 11) is -3.20. The van der Waals surface area contributed by atoms with Gasteiger partial charge in [0.2, 0.25) is 5.91 Å². The molecule has 1 aliphatic carbocycles. The summed E-state index contributed by atoms with van der Waals surface area (Å²) in [5.74, 6) is 0.499. The molecule has 0 bridgehead atoms. The molecule has 2 atom stereocenters. The molecule has 1 amide bonds. The molecule has 4 nitrogen and oxygen atoms in total. The zero-order chi connectivity index (χ0) is 12.5. The minimum atomic E-state index is -3.20. The van der Waals surface area contributed by atoms with Gasteiger partial charge in [-0.05, 0) is 31.6 Å². The van der Waals surface area contributed by atoms with E-state index in [0.29, 0.717) is 25.3 Å². The van der Waals surface area contributed by atoms with Gasteiger partial charge in [-0.15, -0.1) is 0 Å². The number of amides is 1. The van der Waals surface area contributed by atoms with E-state index < -0.39 is 15.1 Å². The van der Waals surface area contributed by atoms with E-state index in [-0.39, 0.29) is 16.5 Å². The third-order valence-electron chi connectivity index (χ3n) is 3.48. The maximum Gasteiger partial charge on any atom is 0.238 e. The Morgan fingerprint density at radius 1 is 1.29 bits per heavy atom. The van der Waals surface area contributed by atoms with E-state index in [1.54, 1.807) is 0 Å². The van der Waals surface area contributed by atoms with Crippen LogP contribution in [-0.2, 0) is 14.6 Å². The molecule has 0 aromatic rings. The first-order valence-corrected chi connectivity index (χ1v) is 8.77. The average Bonchev–Trinajstić information content (AvgIpc) is 3.08. The van der Waals surface area contributed by atoms with E-state index in [1.807, 2.05) is 0 Å². The van der Waals surface area contributed by atoms with Crippen molar-refractivity contribution in [2.45, 2.75) is 42.2 Å². The summed E-state index contributed by atoms with van der Waals surface area (Å²) < 4.78 is 23.5. The monoisotopic (exact) mass is 323 g/mol. The molecule has 1 N–H and O–H groups in total. The minimum Gasteiger partial charge on any atom is -0.354 e. The van der Waals surface area contributed by atoms with E-state index in [9.17, 15) is 13.2 Å². The largest absolute Gasteiger partial charge is 0.354 e. The van der Waals surface area contributed by atoms with Gasteiger partial charge in [0.25, 0.3) is 0 Å². The fraction of sp³-hybridized carbons (Fsp3) is 0.909. The topological polar surface area (TPSA) is 63.2 Å². The van der Waals surface area contributed by atoms with Crippen LogP contribution in [0.5, 0.6) is 0 Å². The summed E-state index contributed by atoms with van der Waals surface area (Å²) in [4.78, 5) is 12.1. The fourth-order valence-electron chi connectivity index (χ4n) is 2.19. The van der Waals surface area contributed by atoms with Crippen LogP contribution in [0.3, 0.4) is 0 Å². The van der Waals surface area contributed by atoms with Gasteiger partial charge in [-0.1, -0.05) is 22.4 Å². The lowest BCUT2D eigenvalue weighted by Crippen LogP contribution is -2.44. The first kappa shape index (κ1) is 13.3. The molecule has 98 valence electrons. The van der Waals surface area contributed by atoms with Crippen molar-refractivity contribution in [3.63, 3.8) is 0 Å². The summed E-state index contributed by atoms with van der Waals surface area (Å²) in [5, 5.41) is 1.95. The highest BCUT2D eigenvalue weighted by Gasteiger charge is 2.35. The predicted molar refractivity (Wildman–Crippen MR) is 69.9 cm³/mol. The molecule has 1 saturated heterocycles. The van der Waals surface area contributed by atoms with E-state index in [0.717, 1.165) is 6.42 Å². The van der Waals surface area contributed by atoms with E-state index in [2.05, 4.69) is 21.2 Å². The zero-order valence-corrected chi connectivity index (χ0v) is 12.1. The summed E-state index contributed by atoms with van der Waals surface area (Å²) in [6.45, 7) is 0.537. The molecule has 1 aliphatic heterocycles. The van der Waals surface area contributed by atoms with E-state index in [4.69, 9.17) is 0 Å². The number of carbonyl (C=O) groups is 1. The Morgan fingerprint density at radius 2 is 2.00 bits per heavy atom. The van der Waals surface area contributed by atoms with Crippen LogP contribution in [0.4, 0.5) is 0 Å². The zero-order valence-electron chi connectivity index (χ0n) is 9.69. The lowest BCUT2D eigenvalue weighted by Gasteiger charge is -2.22. The lowest BCUT2D eigenvalue weighted by atomic mass is 10.2. The summed E-state index contributed by atoms with van der Waals surface area (Å²) in [6.07, 6.45) is 4.40. The molecule has 0 aromatic heterocycles. The molecule has 6 heteroatoms. The summed E-state index contributed by atoms with van der Waals surface area (Å²) >= 11 is 3.52. The summed E-state index contributed by atoms with van der Waals surface area (Å²) in [5.41, 5.74) is 0. The molecule has 2 fully saturated rings. The second-order valence-electron chi connectivity index (χ2n) is 4.95. The molecule has 0 spiro atoms. The molecule has 0 radical (unpaired) electrons. The van der Waals surface area contributed by atoms with Gasteiger partial charge < -0.3 is 5.32 Å². The number of carbonyl (C=O) groups excluding carboxylic acids is 1. The third-order valence-corrected chi connectivity index (χ3v) is 6.72. The second kappa shape index (κ2) is 5.26. The number of sulfone groups is 1. The Bertz CT molecular complexity index is 392. The van der Waals surface area contributed by atoms with Crippen LogP contribution < -0.4 is 5.32 Å². The molecule has 0 aromatic carbocycles. The fourth-order valence-corrected chi connectivity index (χ4v) is 4.70. The van der Waals surface area contributed by atoms with Crippen LogP contribution in [-0.4, -0.2) is 36.7 Å². The highest BCUT2D eigenvalue weighted by atomic mass is 79.9. The SMILES string of the molecule is O=C(NCC(Br)C1CC1)C1CCCCS1(=O)=O. The molecule has 2 rings (SSSR count). The van der Waals surface area contributed by atoms with Gasteiger partial charge in [0.1, 0.15) is 5.25 Å². The molecule has 1 heterocycles. The molecular formula is C11H18BrNO3S. The highest BCUT2D eigenvalue weighted by Crippen LogP contribution is 2.36. The van der Waals surface area contributed by atoms with Gasteiger partial charge in [-0.25, -0.2) is 8.42 Å². The van der Waals surface area contributed by atoms with Crippen molar-refractivity contribution in [1.29, 1.82) is 0 Å². The van der Waals surface area contributed by atoms with Crippen molar-refractivity contribution in [2.24, 2.45) is 5.92 Å². The van der Waals surface area contributed by atoms with Gasteiger partial charge in [0.05, 0.1) is 5.75 Å². The van der Waals surface area contributed by atoms with Gasteiger partial charge >= 0.3 is 0 Å². The quantitative estimate of drug-likeness (QED) is 0.792. The smallest absolute Gasteiger partial charge is 0.238 e. The third kappa shape index (κ3) is 3.44. The molecule has 2 aliphatic rings. The van der Waals surface area contributed by atoms with E-state index in [1.165, 1.54) is 12.8 Å². The highest BCUT2D eigenvalue weighted by molar-refractivity contribution is 9.09. The maximum atomic E-state index is 11.9. The Kier molecular flexibility index (Phi) is 4.13. The number of hydrogen-bond acceptors (Lipinski definition) is 3. The van der Waals surface area contributed by atoms with Gasteiger partial charge in [-0.2, -0.15) is 0 Å². The van der Waals surface area contributed by atoms with E-state index >= 15 is 0 Å². The van der Waals surface area contributed by atoms with Crippen molar-refractivity contribution in [2.75, 3.05) is 12.3 Å². The maximum absolute atomic E-state index is 11.9. The number of hydrogen-bond donors (Lipinski definition) is 1. The average molecular weight is 324 g/mol. The molecule has 2 unspecified atom stereocenters. The standard InChI is InChI=1S/C11H18BrNO3S/c12-9(8-4-5-8)7-13-11(14)10-3-1-2-6-17(10,15)16/h8-10H,1-7H2,(H,13,14). The Morgan fingerprint density at radius 3 is 2.59 bits per heavy atom. The first-order chi connectivity index (χ1) is 8.00. The van der Waals surface area contributed by atoms with Crippen molar-refractivity contribution in [3.05, 3.63) is 0 Å². The van der Waals surface area contributed by atoms with Crippen LogP contribution in [0.15, 0.2) is 0 Å². The minimum absolute atomic E-state index is 0.158. The Hall–Kier alpha value is -0.100. The van der Waals surface area contributed by atoms with Crippen LogP contribution in [0.2, 0.25) is 0 Å². The molecule has 17 heavy (non-hydrogen) atoms. The second-order valence-corrected chi connectivity index (χ2v) is 8.43. The normalized spacial score (nSPS) is 29.6. The number of halogens is 1. The summed E-state index contributed by atoms with van der Waals surface area (Å²) in [6, 6.07) is 0. The van der Waals surface area contributed by atoms with Crippen LogP contribution in [0.25, 0.3) is 0 Å². The predicted octanol–water partition coefficient (Wildman–Crippen LogP) is 1.24. The van der Waals surface area contributed by atoms with Crippen molar-refractivity contribution in [3.8, 4) is 0 Å². The number of nitrogens with one attached hydrogen (secondary N) is 1. The molecule has 1 saturated carbocycles. The van der Waals surface area contributed by atoms with Crippen molar-refractivity contribution in [1.82, 2.24) is 5.32 Å². The van der Waals surface area contributed by atoms with Crippen molar-refractivity contribution < 1.29 is 13.2 Å². The van der Waals surface area contributed by atoms with Crippen LogP contribution >= 0.6 is 15.9 Å². The Balaban J connectivity index is 1.85. The van der Waals surface area contributed by atoms with Crippen molar-refractivity contribution >= 4 is 31.7 Å². The number of alkyl halides is 1. The van der Waals surface area contributed by atoms with Gasteiger partial charge in [0, 0.05) is 11.4 Å². The first-order valence-electron chi connectivity index (χ1n) is 6.14. The van der Waals surface area contributed by atoms with Gasteiger partial charge in [0.15, 0.2) is 9.84 Å². The van der Waals surface area contributed by atoms with Crippen LogP contribution in [0, 0.1) is 5.92 Å².